The lowest BCUT2D eigenvalue weighted by Crippen LogP contribution is -2.13. The fourth-order valence-corrected chi connectivity index (χ4v) is 3.96. The number of halogens is 1. The first-order valence-electron chi connectivity index (χ1n) is 6.62. The summed E-state index contributed by atoms with van der Waals surface area (Å²) in [5, 5.41) is 3.31. The Morgan fingerprint density at radius 3 is 2.81 bits per heavy atom. The van der Waals surface area contributed by atoms with Crippen LogP contribution < -0.4 is 10.0 Å². The molecule has 21 heavy (non-hydrogen) atoms. The van der Waals surface area contributed by atoms with Gasteiger partial charge in [0, 0.05) is 21.9 Å². The van der Waals surface area contributed by atoms with Gasteiger partial charge in [-0.25, -0.2) is 8.42 Å². The predicted octanol–water partition coefficient (Wildman–Crippen LogP) is 3.61. The number of hydrogen-bond donors (Lipinski definition) is 2. The normalized spacial score (nSPS) is 17.1. The zero-order valence-corrected chi connectivity index (χ0v) is 13.8. The van der Waals surface area contributed by atoms with Gasteiger partial charge < -0.3 is 5.32 Å². The van der Waals surface area contributed by atoms with Crippen molar-refractivity contribution in [2.75, 3.05) is 10.0 Å². The summed E-state index contributed by atoms with van der Waals surface area (Å²) in [7, 11) is -3.57. The van der Waals surface area contributed by atoms with Gasteiger partial charge in [0.15, 0.2) is 0 Å². The van der Waals surface area contributed by atoms with Crippen molar-refractivity contribution in [3.63, 3.8) is 0 Å². The molecule has 4 nitrogen and oxygen atoms in total. The van der Waals surface area contributed by atoms with Gasteiger partial charge in [-0.15, -0.1) is 0 Å². The molecule has 1 aliphatic rings. The molecule has 1 aliphatic heterocycles. The van der Waals surface area contributed by atoms with Gasteiger partial charge in [-0.1, -0.05) is 22.0 Å². The number of nitrogens with one attached hydrogen (secondary N) is 2. The molecule has 0 bridgehead atoms. The molecular weight excluding hydrogens is 352 g/mol. The Morgan fingerprint density at radius 1 is 1.24 bits per heavy atom. The minimum absolute atomic E-state index is 0.289. The van der Waals surface area contributed by atoms with Crippen molar-refractivity contribution in [1.82, 2.24) is 0 Å². The smallest absolute Gasteiger partial charge is 0.261 e. The average molecular weight is 367 g/mol. The van der Waals surface area contributed by atoms with Crippen molar-refractivity contribution in [3.8, 4) is 0 Å². The molecular formula is C15H15BrN2O2S. The number of anilines is 2. The number of sulfonamides is 1. The standard InChI is InChI=1S/C15H15BrN2O2S/c1-10-7-11-8-14(5-6-15(11)17-10)21(19,20)18-13-4-2-3-12(16)9-13/h2-6,8-10,17-18H,7H2,1H3/t10-/m1/s1. The van der Waals surface area contributed by atoms with Crippen LogP contribution in [0.5, 0.6) is 0 Å². The molecule has 0 unspecified atom stereocenters. The van der Waals surface area contributed by atoms with Crippen LogP contribution in [0.2, 0.25) is 0 Å². The van der Waals surface area contributed by atoms with Crippen LogP contribution in [0.4, 0.5) is 11.4 Å². The van der Waals surface area contributed by atoms with Crippen LogP contribution in [0, 0.1) is 0 Å². The number of benzene rings is 2. The van der Waals surface area contributed by atoms with E-state index in [0.29, 0.717) is 11.7 Å². The first-order valence-corrected chi connectivity index (χ1v) is 8.89. The highest BCUT2D eigenvalue weighted by atomic mass is 79.9. The van der Waals surface area contributed by atoms with Crippen LogP contribution in [-0.2, 0) is 16.4 Å². The van der Waals surface area contributed by atoms with E-state index in [9.17, 15) is 8.42 Å². The number of hydrogen-bond acceptors (Lipinski definition) is 3. The van der Waals surface area contributed by atoms with Crippen LogP contribution in [0.15, 0.2) is 51.8 Å². The average Bonchev–Trinajstić information content (AvgIpc) is 2.77. The van der Waals surface area contributed by atoms with E-state index in [1.54, 1.807) is 30.3 Å². The number of rotatable bonds is 3. The lowest BCUT2D eigenvalue weighted by Gasteiger charge is -2.09. The summed E-state index contributed by atoms with van der Waals surface area (Å²) in [5.74, 6) is 0. The number of fused-ring (bicyclic) bond motifs is 1. The quantitative estimate of drug-likeness (QED) is 0.872. The molecule has 6 heteroatoms. The third-order valence-electron chi connectivity index (χ3n) is 3.39. The SMILES string of the molecule is C[C@@H]1Cc2cc(S(=O)(=O)Nc3cccc(Br)c3)ccc2N1. The maximum Gasteiger partial charge on any atom is 0.261 e. The van der Waals surface area contributed by atoms with Crippen molar-refractivity contribution < 1.29 is 8.42 Å². The van der Waals surface area contributed by atoms with Crippen LogP contribution in [0.3, 0.4) is 0 Å². The van der Waals surface area contributed by atoms with E-state index in [1.165, 1.54) is 0 Å². The first kappa shape index (κ1) is 14.4. The van der Waals surface area contributed by atoms with Crippen molar-refractivity contribution >= 4 is 37.3 Å². The molecule has 0 fully saturated rings. The Labute approximate surface area is 132 Å². The Morgan fingerprint density at radius 2 is 2.05 bits per heavy atom. The molecule has 2 N–H and O–H groups in total. The summed E-state index contributed by atoms with van der Waals surface area (Å²) in [6.07, 6.45) is 0.843. The van der Waals surface area contributed by atoms with E-state index in [4.69, 9.17) is 0 Å². The van der Waals surface area contributed by atoms with E-state index < -0.39 is 10.0 Å². The highest BCUT2D eigenvalue weighted by Crippen LogP contribution is 2.29. The van der Waals surface area contributed by atoms with E-state index in [1.807, 2.05) is 12.1 Å². The molecule has 0 radical (unpaired) electrons. The van der Waals surface area contributed by atoms with E-state index in [-0.39, 0.29) is 4.90 Å². The minimum atomic E-state index is -3.57. The summed E-state index contributed by atoms with van der Waals surface area (Å²) < 4.78 is 28.3. The topological polar surface area (TPSA) is 58.2 Å². The van der Waals surface area contributed by atoms with Crippen LogP contribution >= 0.6 is 15.9 Å². The first-order chi connectivity index (χ1) is 9.94. The molecule has 1 atom stereocenters. The fraction of sp³-hybridized carbons (Fsp3) is 0.200. The monoisotopic (exact) mass is 366 g/mol. The molecule has 3 rings (SSSR count). The molecule has 2 aromatic rings. The zero-order valence-electron chi connectivity index (χ0n) is 11.4. The minimum Gasteiger partial charge on any atom is -0.382 e. The molecule has 0 saturated carbocycles. The third-order valence-corrected chi connectivity index (χ3v) is 5.26. The molecule has 2 aromatic carbocycles. The van der Waals surface area contributed by atoms with Gasteiger partial charge in [-0.05, 0) is 55.3 Å². The summed E-state index contributed by atoms with van der Waals surface area (Å²) in [4.78, 5) is 0.289. The summed E-state index contributed by atoms with van der Waals surface area (Å²) >= 11 is 3.33. The highest BCUT2D eigenvalue weighted by Gasteiger charge is 2.21. The second-order valence-electron chi connectivity index (χ2n) is 5.18. The van der Waals surface area contributed by atoms with E-state index in [0.717, 1.165) is 22.1 Å². The van der Waals surface area contributed by atoms with Crippen molar-refractivity contribution in [2.24, 2.45) is 0 Å². The third kappa shape index (κ3) is 3.06. The van der Waals surface area contributed by atoms with E-state index in [2.05, 4.69) is 32.9 Å². The zero-order chi connectivity index (χ0) is 15.0. The molecule has 0 aliphatic carbocycles. The van der Waals surface area contributed by atoms with Gasteiger partial charge in [0.1, 0.15) is 0 Å². The Bertz CT molecular complexity index is 790. The van der Waals surface area contributed by atoms with Gasteiger partial charge in [0.2, 0.25) is 0 Å². The van der Waals surface area contributed by atoms with Crippen LogP contribution in [0.1, 0.15) is 12.5 Å². The van der Waals surface area contributed by atoms with Crippen molar-refractivity contribution in [3.05, 3.63) is 52.5 Å². The maximum atomic E-state index is 12.4. The lowest BCUT2D eigenvalue weighted by atomic mass is 10.1. The summed E-state index contributed by atoms with van der Waals surface area (Å²) in [6.45, 7) is 2.08. The Kier molecular flexibility index (Phi) is 3.67. The van der Waals surface area contributed by atoms with Gasteiger partial charge in [-0.3, -0.25) is 4.72 Å². The van der Waals surface area contributed by atoms with Gasteiger partial charge in [-0.2, -0.15) is 0 Å². The summed E-state index contributed by atoms with van der Waals surface area (Å²) in [5.41, 5.74) is 2.60. The summed E-state index contributed by atoms with van der Waals surface area (Å²) in [6, 6.07) is 12.6. The molecule has 110 valence electrons. The van der Waals surface area contributed by atoms with Crippen LogP contribution in [0.25, 0.3) is 0 Å². The highest BCUT2D eigenvalue weighted by molar-refractivity contribution is 9.10. The largest absolute Gasteiger partial charge is 0.382 e. The van der Waals surface area contributed by atoms with Crippen LogP contribution in [-0.4, -0.2) is 14.5 Å². The maximum absolute atomic E-state index is 12.4. The fourth-order valence-electron chi connectivity index (χ4n) is 2.46. The Hall–Kier alpha value is -1.53. The second kappa shape index (κ2) is 5.35. The molecule has 0 saturated heterocycles. The molecule has 0 aromatic heterocycles. The van der Waals surface area contributed by atoms with Crippen molar-refractivity contribution in [2.45, 2.75) is 24.3 Å². The Balaban J connectivity index is 1.91. The molecule has 0 spiro atoms. The van der Waals surface area contributed by atoms with Gasteiger partial charge >= 0.3 is 0 Å². The van der Waals surface area contributed by atoms with E-state index >= 15 is 0 Å². The van der Waals surface area contributed by atoms with Gasteiger partial charge in [0.25, 0.3) is 10.0 Å². The molecule has 0 amide bonds. The second-order valence-corrected chi connectivity index (χ2v) is 7.78. The van der Waals surface area contributed by atoms with Gasteiger partial charge in [0.05, 0.1) is 4.90 Å². The van der Waals surface area contributed by atoms with Crippen molar-refractivity contribution in [1.29, 1.82) is 0 Å². The lowest BCUT2D eigenvalue weighted by molar-refractivity contribution is 0.601. The predicted molar refractivity (Wildman–Crippen MR) is 88.2 cm³/mol. The molecule has 1 heterocycles.